The monoisotopic (exact) mass is 193 g/mol. The number of hydrogen-bond donors (Lipinski definition) is 2. The Kier molecular flexibility index (Phi) is 1.98. The summed E-state index contributed by atoms with van der Waals surface area (Å²) >= 11 is 0. The second-order valence-corrected chi connectivity index (χ2v) is 2.67. The van der Waals surface area contributed by atoms with E-state index < -0.39 is 5.97 Å². The van der Waals surface area contributed by atoms with Crippen molar-refractivity contribution in [2.24, 2.45) is 0 Å². The first kappa shape index (κ1) is 8.42. The van der Waals surface area contributed by atoms with Crippen LogP contribution in [0.25, 0.3) is 5.95 Å². The van der Waals surface area contributed by atoms with E-state index in [0.29, 0.717) is 11.6 Å². The summed E-state index contributed by atoms with van der Waals surface area (Å²) in [5, 5.41) is 15.7. The molecule has 0 aliphatic heterocycles. The first-order chi connectivity index (χ1) is 6.75. The highest BCUT2D eigenvalue weighted by Gasteiger charge is 2.05. The molecule has 0 unspecified atom stereocenters. The molecule has 0 aliphatic rings. The lowest BCUT2D eigenvalue weighted by molar-refractivity contribution is -0.136. The minimum atomic E-state index is -0.899. The lowest BCUT2D eigenvalue weighted by atomic mass is 10.3. The molecule has 2 aromatic rings. The number of H-pyrrole nitrogens is 1. The van der Waals surface area contributed by atoms with Crippen molar-refractivity contribution in [1.82, 2.24) is 24.7 Å². The summed E-state index contributed by atoms with van der Waals surface area (Å²) in [5.74, 6) is -0.393. The summed E-state index contributed by atoms with van der Waals surface area (Å²) in [7, 11) is 0. The number of nitrogens with zero attached hydrogens (tertiary/aromatic N) is 4. The molecule has 2 N–H and O–H groups in total. The van der Waals surface area contributed by atoms with Crippen LogP contribution in [0, 0.1) is 0 Å². The molecule has 0 saturated carbocycles. The highest BCUT2D eigenvalue weighted by Crippen LogP contribution is 2.02. The van der Waals surface area contributed by atoms with Gasteiger partial charge in [0.15, 0.2) is 0 Å². The quantitative estimate of drug-likeness (QED) is 0.692. The molecule has 0 radical (unpaired) electrons. The number of carbonyl (C=O) groups is 1. The van der Waals surface area contributed by atoms with E-state index in [-0.39, 0.29) is 6.42 Å². The number of nitrogens with one attached hydrogen (secondary N) is 1. The van der Waals surface area contributed by atoms with Gasteiger partial charge < -0.3 is 10.1 Å². The highest BCUT2D eigenvalue weighted by molar-refractivity contribution is 5.69. The number of aliphatic carboxylic acids is 1. The van der Waals surface area contributed by atoms with Gasteiger partial charge in [-0.1, -0.05) is 0 Å². The summed E-state index contributed by atoms with van der Waals surface area (Å²) < 4.78 is 1.56. The second-order valence-electron chi connectivity index (χ2n) is 2.67. The van der Waals surface area contributed by atoms with Gasteiger partial charge in [-0.15, -0.1) is 10.2 Å². The summed E-state index contributed by atoms with van der Waals surface area (Å²) in [6.07, 6.45) is 4.35. The van der Waals surface area contributed by atoms with Crippen LogP contribution in [0.2, 0.25) is 0 Å². The van der Waals surface area contributed by atoms with Crippen LogP contribution in [0.3, 0.4) is 0 Å². The Hall–Kier alpha value is -2.18. The van der Waals surface area contributed by atoms with Crippen molar-refractivity contribution >= 4 is 5.97 Å². The van der Waals surface area contributed by atoms with Crippen LogP contribution in [0.4, 0.5) is 0 Å². The van der Waals surface area contributed by atoms with Crippen molar-refractivity contribution in [2.45, 2.75) is 6.42 Å². The van der Waals surface area contributed by atoms with Gasteiger partial charge in [0, 0.05) is 5.69 Å². The third kappa shape index (κ3) is 1.60. The third-order valence-electron chi connectivity index (χ3n) is 1.62. The largest absolute Gasteiger partial charge is 0.481 e. The van der Waals surface area contributed by atoms with E-state index in [1.54, 1.807) is 4.57 Å². The average molecular weight is 193 g/mol. The maximum absolute atomic E-state index is 10.4. The second kappa shape index (κ2) is 3.29. The molecular formula is C7H7N5O2. The van der Waals surface area contributed by atoms with Crippen molar-refractivity contribution in [2.75, 3.05) is 0 Å². The predicted octanol–water partition coefficient (Wildman–Crippen LogP) is -0.383. The van der Waals surface area contributed by atoms with Crippen LogP contribution in [0.15, 0.2) is 18.9 Å². The van der Waals surface area contributed by atoms with Gasteiger partial charge in [0.05, 0.1) is 12.6 Å². The Morgan fingerprint density at radius 2 is 2.21 bits per heavy atom. The summed E-state index contributed by atoms with van der Waals surface area (Å²) in [4.78, 5) is 17.2. The van der Waals surface area contributed by atoms with Crippen LogP contribution in [0.1, 0.15) is 5.69 Å². The Labute approximate surface area is 78.4 Å². The number of aromatic amines is 1. The molecule has 0 aliphatic carbocycles. The molecule has 0 saturated heterocycles. The average Bonchev–Trinajstić information content (AvgIpc) is 2.69. The van der Waals surface area contributed by atoms with Gasteiger partial charge in [-0.3, -0.25) is 9.36 Å². The predicted molar refractivity (Wildman–Crippen MR) is 44.8 cm³/mol. The zero-order valence-corrected chi connectivity index (χ0v) is 7.08. The van der Waals surface area contributed by atoms with Crippen molar-refractivity contribution in [1.29, 1.82) is 0 Å². The van der Waals surface area contributed by atoms with Gasteiger partial charge in [-0.05, 0) is 0 Å². The lowest BCUT2D eigenvalue weighted by Gasteiger charge is -1.92. The van der Waals surface area contributed by atoms with Crippen LogP contribution >= 0.6 is 0 Å². The minimum absolute atomic E-state index is 0.0743. The van der Waals surface area contributed by atoms with Gasteiger partial charge in [-0.25, -0.2) is 4.98 Å². The van der Waals surface area contributed by atoms with Crippen molar-refractivity contribution in [3.05, 3.63) is 24.5 Å². The number of hydrogen-bond acceptors (Lipinski definition) is 4. The zero-order chi connectivity index (χ0) is 9.97. The smallest absolute Gasteiger partial charge is 0.309 e. The maximum atomic E-state index is 10.4. The molecule has 0 amide bonds. The van der Waals surface area contributed by atoms with Crippen LogP contribution in [-0.4, -0.2) is 35.8 Å². The molecule has 0 bridgehead atoms. The molecule has 0 spiro atoms. The third-order valence-corrected chi connectivity index (χ3v) is 1.62. The Morgan fingerprint density at radius 1 is 1.50 bits per heavy atom. The standard InChI is InChI=1S/C7H7N5O2/c13-6(14)1-5-2-8-7(11-5)12-3-9-10-4-12/h2-4H,1H2,(H,8,11)(H,13,14). The Bertz CT molecular complexity index is 433. The van der Waals surface area contributed by atoms with E-state index >= 15 is 0 Å². The summed E-state index contributed by atoms with van der Waals surface area (Å²) in [6.45, 7) is 0. The number of rotatable bonds is 3. The fraction of sp³-hybridized carbons (Fsp3) is 0.143. The van der Waals surface area contributed by atoms with Gasteiger partial charge in [0.1, 0.15) is 12.7 Å². The van der Waals surface area contributed by atoms with Crippen molar-refractivity contribution < 1.29 is 9.90 Å². The molecule has 2 aromatic heterocycles. The van der Waals surface area contributed by atoms with E-state index in [9.17, 15) is 4.79 Å². The highest BCUT2D eigenvalue weighted by atomic mass is 16.4. The molecule has 7 heteroatoms. The lowest BCUT2D eigenvalue weighted by Crippen LogP contribution is -2.00. The number of imidazole rings is 1. The minimum Gasteiger partial charge on any atom is -0.481 e. The molecule has 7 nitrogen and oxygen atoms in total. The van der Waals surface area contributed by atoms with Gasteiger partial charge in [-0.2, -0.15) is 0 Å². The molecule has 0 atom stereocenters. The zero-order valence-electron chi connectivity index (χ0n) is 7.08. The van der Waals surface area contributed by atoms with E-state index in [4.69, 9.17) is 5.11 Å². The summed E-state index contributed by atoms with van der Waals surface area (Å²) in [6, 6.07) is 0. The number of carboxylic acids is 1. The fourth-order valence-electron chi connectivity index (χ4n) is 1.04. The number of aromatic nitrogens is 5. The van der Waals surface area contributed by atoms with Crippen molar-refractivity contribution in [3.8, 4) is 5.95 Å². The molecule has 0 aromatic carbocycles. The van der Waals surface area contributed by atoms with E-state index in [2.05, 4.69) is 20.2 Å². The van der Waals surface area contributed by atoms with Crippen LogP contribution < -0.4 is 0 Å². The summed E-state index contributed by atoms with van der Waals surface area (Å²) in [5.41, 5.74) is 0.543. The van der Waals surface area contributed by atoms with Gasteiger partial charge >= 0.3 is 5.97 Å². The van der Waals surface area contributed by atoms with Crippen LogP contribution in [-0.2, 0) is 11.2 Å². The normalized spacial score (nSPS) is 10.3. The molecule has 14 heavy (non-hydrogen) atoms. The van der Waals surface area contributed by atoms with Gasteiger partial charge in [0.2, 0.25) is 5.95 Å². The van der Waals surface area contributed by atoms with E-state index in [1.165, 1.54) is 18.9 Å². The first-order valence-corrected chi connectivity index (χ1v) is 3.86. The molecule has 2 heterocycles. The Balaban J connectivity index is 2.22. The molecular weight excluding hydrogens is 186 g/mol. The van der Waals surface area contributed by atoms with Gasteiger partial charge in [0.25, 0.3) is 0 Å². The first-order valence-electron chi connectivity index (χ1n) is 3.86. The molecule has 2 rings (SSSR count). The maximum Gasteiger partial charge on any atom is 0.309 e. The van der Waals surface area contributed by atoms with E-state index in [0.717, 1.165) is 0 Å². The SMILES string of the molecule is O=C(O)Cc1cnc(-n2cnnc2)[nH]1. The Morgan fingerprint density at radius 3 is 2.86 bits per heavy atom. The van der Waals surface area contributed by atoms with Crippen molar-refractivity contribution in [3.63, 3.8) is 0 Å². The molecule has 0 fully saturated rings. The molecule has 72 valence electrons. The topological polar surface area (TPSA) is 96.7 Å². The van der Waals surface area contributed by atoms with E-state index in [1.807, 2.05) is 0 Å². The fourth-order valence-corrected chi connectivity index (χ4v) is 1.04. The number of carboxylic acid groups (broad SMARTS) is 1. The van der Waals surface area contributed by atoms with Crippen LogP contribution in [0.5, 0.6) is 0 Å².